The molecule has 0 bridgehead atoms. The Labute approximate surface area is 249 Å². The van der Waals surface area contributed by atoms with Gasteiger partial charge in [0.1, 0.15) is 17.9 Å². The van der Waals surface area contributed by atoms with E-state index >= 15 is 0 Å². The van der Waals surface area contributed by atoms with Gasteiger partial charge in [-0.25, -0.2) is 19.3 Å². The second kappa shape index (κ2) is 12.3. The van der Waals surface area contributed by atoms with Crippen LogP contribution in [-0.2, 0) is 17.5 Å². The highest BCUT2D eigenvalue weighted by Crippen LogP contribution is 2.36. The van der Waals surface area contributed by atoms with Crippen molar-refractivity contribution in [3.8, 4) is 22.8 Å². The SMILES string of the molecule is COC(=O)N1CCC(c2ccc(COc3ccc(Cl)cc3-c3cccc(-n4ncc(C(=O)O)c4C(F)(F)F)n3)cc2)CC1. The van der Waals surface area contributed by atoms with Gasteiger partial charge in [-0.05, 0) is 60.2 Å². The fourth-order valence-electron chi connectivity index (χ4n) is 5.04. The number of likely N-dealkylation sites (tertiary alicyclic amines) is 1. The van der Waals surface area contributed by atoms with Crippen LogP contribution in [0.5, 0.6) is 5.75 Å². The van der Waals surface area contributed by atoms with E-state index in [4.69, 9.17) is 21.1 Å². The Morgan fingerprint density at radius 3 is 2.44 bits per heavy atom. The van der Waals surface area contributed by atoms with Gasteiger partial charge in [0, 0.05) is 23.7 Å². The Hall–Kier alpha value is -4.58. The average molecular weight is 615 g/mol. The molecule has 224 valence electrons. The van der Waals surface area contributed by atoms with E-state index in [0.29, 0.717) is 46.2 Å². The first kappa shape index (κ1) is 29.9. The molecule has 43 heavy (non-hydrogen) atoms. The minimum atomic E-state index is -4.98. The molecule has 0 atom stereocenters. The minimum Gasteiger partial charge on any atom is -0.488 e. The highest BCUT2D eigenvalue weighted by molar-refractivity contribution is 6.31. The smallest absolute Gasteiger partial charge is 0.434 e. The fraction of sp³-hybridized carbons (Fsp3) is 0.267. The van der Waals surface area contributed by atoms with Crippen molar-refractivity contribution >= 4 is 23.7 Å². The molecule has 1 aliphatic heterocycles. The quantitative estimate of drug-likeness (QED) is 0.243. The number of benzene rings is 2. The molecule has 4 aromatic rings. The molecule has 0 aliphatic carbocycles. The van der Waals surface area contributed by atoms with Gasteiger partial charge in [0.25, 0.3) is 0 Å². The van der Waals surface area contributed by atoms with Crippen LogP contribution in [-0.4, -0.2) is 57.0 Å². The first-order valence-corrected chi connectivity index (χ1v) is 13.6. The summed E-state index contributed by atoms with van der Waals surface area (Å²) in [6, 6.07) is 17.2. The summed E-state index contributed by atoms with van der Waals surface area (Å²) < 4.78 is 52.7. The summed E-state index contributed by atoms with van der Waals surface area (Å²) in [4.78, 5) is 29.2. The number of hydrogen-bond donors (Lipinski definition) is 1. The van der Waals surface area contributed by atoms with E-state index in [2.05, 4.69) is 10.1 Å². The molecule has 5 rings (SSSR count). The van der Waals surface area contributed by atoms with Crippen molar-refractivity contribution in [1.29, 1.82) is 0 Å². The number of carbonyl (C=O) groups excluding carboxylic acids is 1. The number of rotatable bonds is 7. The van der Waals surface area contributed by atoms with Crippen LogP contribution in [0.2, 0.25) is 5.02 Å². The van der Waals surface area contributed by atoms with Crippen molar-refractivity contribution in [1.82, 2.24) is 19.7 Å². The number of carboxylic acids is 1. The molecular formula is C30H26ClF3N4O5. The van der Waals surface area contributed by atoms with Gasteiger partial charge in [0.15, 0.2) is 11.5 Å². The third kappa shape index (κ3) is 6.59. The lowest BCUT2D eigenvalue weighted by Crippen LogP contribution is -2.37. The van der Waals surface area contributed by atoms with Crippen LogP contribution in [0.1, 0.15) is 45.9 Å². The van der Waals surface area contributed by atoms with E-state index in [1.165, 1.54) is 24.8 Å². The predicted molar refractivity (Wildman–Crippen MR) is 150 cm³/mol. The lowest BCUT2D eigenvalue weighted by atomic mass is 9.89. The van der Waals surface area contributed by atoms with Crippen LogP contribution in [0.15, 0.2) is 66.9 Å². The number of aromatic carboxylic acids is 1. The number of aromatic nitrogens is 3. The van der Waals surface area contributed by atoms with Gasteiger partial charge < -0.3 is 19.5 Å². The van der Waals surface area contributed by atoms with Gasteiger partial charge in [-0.3, -0.25) is 0 Å². The maximum Gasteiger partial charge on any atom is 0.434 e. The van der Waals surface area contributed by atoms with E-state index in [-0.39, 0.29) is 24.2 Å². The normalized spacial score (nSPS) is 14.0. The number of halogens is 4. The number of carboxylic acid groups (broad SMARTS) is 1. The number of alkyl halides is 3. The van der Waals surface area contributed by atoms with Gasteiger partial charge in [0.2, 0.25) is 0 Å². The number of ether oxygens (including phenoxy) is 2. The van der Waals surface area contributed by atoms with E-state index in [9.17, 15) is 27.9 Å². The number of methoxy groups -OCH3 is 1. The molecule has 1 N–H and O–H groups in total. The Morgan fingerprint density at radius 1 is 1.07 bits per heavy atom. The summed E-state index contributed by atoms with van der Waals surface area (Å²) in [5, 5.41) is 13.3. The molecule has 3 heterocycles. The standard InChI is InChI=1S/C30H26ClF3N4O5/c1-42-29(41)37-13-11-20(12-14-37)19-7-5-18(6-8-19)17-43-25-10-9-21(31)15-22(25)24-3-2-4-26(36-24)38-27(30(32,33)34)23(16-35-38)28(39)40/h2-10,15-16,20H,11-14,17H2,1H3,(H,39,40). The number of nitrogens with zero attached hydrogens (tertiary/aromatic N) is 4. The zero-order valence-corrected chi connectivity index (χ0v) is 23.6. The fourth-order valence-corrected chi connectivity index (χ4v) is 5.21. The van der Waals surface area contributed by atoms with Crippen molar-refractivity contribution in [2.24, 2.45) is 0 Å². The minimum absolute atomic E-state index is 0.203. The maximum absolute atomic E-state index is 13.8. The lowest BCUT2D eigenvalue weighted by molar-refractivity contribution is -0.143. The number of piperidine rings is 1. The van der Waals surface area contributed by atoms with Crippen LogP contribution in [0.4, 0.5) is 18.0 Å². The summed E-state index contributed by atoms with van der Waals surface area (Å²) in [6.45, 7) is 1.47. The van der Waals surface area contributed by atoms with E-state index < -0.39 is 23.4 Å². The first-order valence-electron chi connectivity index (χ1n) is 13.3. The zero-order valence-electron chi connectivity index (χ0n) is 22.8. The van der Waals surface area contributed by atoms with Crippen LogP contribution in [0, 0.1) is 0 Å². The molecule has 2 aromatic heterocycles. The molecule has 9 nitrogen and oxygen atoms in total. The number of pyridine rings is 1. The molecule has 1 amide bonds. The molecule has 0 spiro atoms. The molecule has 13 heteroatoms. The summed E-state index contributed by atoms with van der Waals surface area (Å²) in [7, 11) is 1.38. The number of carbonyl (C=O) groups is 2. The van der Waals surface area contributed by atoms with Gasteiger partial charge in [-0.2, -0.15) is 18.3 Å². The van der Waals surface area contributed by atoms with Crippen LogP contribution < -0.4 is 4.74 Å². The van der Waals surface area contributed by atoms with E-state index in [0.717, 1.165) is 18.4 Å². The topological polar surface area (TPSA) is 107 Å². The largest absolute Gasteiger partial charge is 0.488 e. The molecule has 0 unspecified atom stereocenters. The number of hydrogen-bond acceptors (Lipinski definition) is 6. The molecule has 1 saturated heterocycles. The molecule has 0 saturated carbocycles. The van der Waals surface area contributed by atoms with Gasteiger partial charge in [-0.1, -0.05) is 41.9 Å². The Kier molecular flexibility index (Phi) is 8.58. The second-order valence-corrected chi connectivity index (χ2v) is 10.3. The van der Waals surface area contributed by atoms with Crippen molar-refractivity contribution in [3.63, 3.8) is 0 Å². The van der Waals surface area contributed by atoms with Crippen molar-refractivity contribution < 1.29 is 37.3 Å². The summed E-state index contributed by atoms with van der Waals surface area (Å²) in [6.07, 6.45) is -2.97. The Bertz CT molecular complexity index is 1630. The van der Waals surface area contributed by atoms with Gasteiger partial charge in [0.05, 0.1) is 19.0 Å². The van der Waals surface area contributed by atoms with Crippen molar-refractivity contribution in [3.05, 3.63) is 94.3 Å². The predicted octanol–water partition coefficient (Wildman–Crippen LogP) is 6.83. The Balaban J connectivity index is 1.34. The van der Waals surface area contributed by atoms with Crippen LogP contribution in [0.25, 0.3) is 17.1 Å². The van der Waals surface area contributed by atoms with E-state index in [1.807, 2.05) is 24.3 Å². The van der Waals surface area contributed by atoms with Crippen LogP contribution >= 0.6 is 11.6 Å². The highest BCUT2D eigenvalue weighted by Gasteiger charge is 2.41. The monoisotopic (exact) mass is 614 g/mol. The summed E-state index contributed by atoms with van der Waals surface area (Å²) in [5.41, 5.74) is 0.329. The highest BCUT2D eigenvalue weighted by atomic mass is 35.5. The maximum atomic E-state index is 13.8. The molecular weight excluding hydrogens is 589 g/mol. The van der Waals surface area contributed by atoms with Crippen molar-refractivity contribution in [2.45, 2.75) is 31.5 Å². The Morgan fingerprint density at radius 2 is 1.79 bits per heavy atom. The summed E-state index contributed by atoms with van der Waals surface area (Å²) >= 11 is 6.25. The first-order chi connectivity index (χ1) is 20.5. The van der Waals surface area contributed by atoms with Gasteiger partial charge >= 0.3 is 18.2 Å². The lowest BCUT2D eigenvalue weighted by Gasteiger charge is -2.31. The van der Waals surface area contributed by atoms with Gasteiger partial charge in [-0.15, -0.1) is 0 Å². The third-order valence-electron chi connectivity index (χ3n) is 7.21. The van der Waals surface area contributed by atoms with E-state index in [1.54, 1.807) is 29.2 Å². The second-order valence-electron chi connectivity index (χ2n) is 9.90. The molecule has 1 aliphatic rings. The zero-order chi connectivity index (χ0) is 30.7. The van der Waals surface area contributed by atoms with Crippen molar-refractivity contribution in [2.75, 3.05) is 20.2 Å². The third-order valence-corrected chi connectivity index (χ3v) is 7.45. The summed E-state index contributed by atoms with van der Waals surface area (Å²) in [5.74, 6) is -1.25. The number of amides is 1. The van der Waals surface area contributed by atoms with Crippen LogP contribution in [0.3, 0.4) is 0 Å². The molecule has 1 fully saturated rings. The average Bonchev–Trinajstić information content (AvgIpc) is 3.47. The molecule has 2 aromatic carbocycles. The molecule has 0 radical (unpaired) electrons.